The van der Waals surface area contributed by atoms with Crippen molar-refractivity contribution in [1.82, 2.24) is 5.32 Å². The van der Waals surface area contributed by atoms with Gasteiger partial charge in [-0.2, -0.15) is 0 Å². The van der Waals surface area contributed by atoms with E-state index in [2.05, 4.69) is 10.6 Å². The lowest BCUT2D eigenvalue weighted by atomic mass is 10.1. The summed E-state index contributed by atoms with van der Waals surface area (Å²) in [5, 5.41) is 14.7. The fourth-order valence-corrected chi connectivity index (χ4v) is 3.87. The van der Waals surface area contributed by atoms with Crippen LogP contribution in [0.4, 0.5) is 5.69 Å². The summed E-state index contributed by atoms with van der Waals surface area (Å²) >= 11 is 12.9. The van der Waals surface area contributed by atoms with Crippen LogP contribution in [0.25, 0.3) is 0 Å². The number of hydrogen-bond donors (Lipinski definition) is 3. The first-order chi connectivity index (χ1) is 12.2. The lowest BCUT2D eigenvalue weighted by molar-refractivity contribution is -0.145. The Bertz CT molecular complexity index is 690. The molecule has 2 atom stereocenters. The monoisotopic (exact) mass is 420 g/mol. The van der Waals surface area contributed by atoms with Gasteiger partial charge in [0.25, 0.3) is 16.7 Å². The minimum atomic E-state index is -1.74. The number of carboxylic acid groups (broad SMARTS) is 1. The molecule has 1 aromatic rings. The molecule has 0 radical (unpaired) electrons. The average Bonchev–Trinajstić information content (AvgIpc) is 3.03. The topological polar surface area (TPSA) is 105 Å². The molecule has 2 rings (SSSR count). The Hall–Kier alpha value is -1.48. The van der Waals surface area contributed by atoms with Crippen molar-refractivity contribution in [3.63, 3.8) is 0 Å². The van der Waals surface area contributed by atoms with Gasteiger partial charge in [0.2, 0.25) is 0 Å². The van der Waals surface area contributed by atoms with Gasteiger partial charge in [-0.3, -0.25) is 14.4 Å². The van der Waals surface area contributed by atoms with Crippen molar-refractivity contribution in [2.75, 3.05) is 17.7 Å². The van der Waals surface area contributed by atoms with Crippen molar-refractivity contribution in [3.05, 3.63) is 28.2 Å². The molecule has 3 N–H and O–H groups in total. The Labute approximate surface area is 164 Å². The van der Waals surface area contributed by atoms with E-state index in [1.54, 1.807) is 6.92 Å². The van der Waals surface area contributed by atoms with Crippen LogP contribution in [-0.4, -0.2) is 46.2 Å². The maximum absolute atomic E-state index is 12.8. The van der Waals surface area contributed by atoms with Gasteiger partial charge < -0.3 is 20.5 Å². The zero-order valence-electron chi connectivity index (χ0n) is 13.9. The van der Waals surface area contributed by atoms with Crippen LogP contribution in [0.5, 0.6) is 0 Å². The Balaban J connectivity index is 2.11. The minimum absolute atomic E-state index is 0.0876. The molecule has 0 aromatic heterocycles. The van der Waals surface area contributed by atoms with Crippen LogP contribution in [0.2, 0.25) is 10.0 Å². The summed E-state index contributed by atoms with van der Waals surface area (Å²) in [6, 6.07) is 4.11. The highest BCUT2D eigenvalue weighted by Crippen LogP contribution is 2.35. The number of benzene rings is 1. The van der Waals surface area contributed by atoms with Crippen LogP contribution in [0.1, 0.15) is 19.8 Å². The zero-order valence-corrected chi connectivity index (χ0v) is 16.2. The second-order valence-corrected chi connectivity index (χ2v) is 7.88. The van der Waals surface area contributed by atoms with E-state index in [0.717, 1.165) is 11.8 Å². The van der Waals surface area contributed by atoms with Crippen LogP contribution in [0.15, 0.2) is 18.2 Å². The van der Waals surface area contributed by atoms with Gasteiger partial charge in [-0.05, 0) is 31.5 Å². The van der Waals surface area contributed by atoms with Gasteiger partial charge in [-0.1, -0.05) is 23.2 Å². The number of carbonyl (C=O) groups is 3. The molecule has 1 saturated heterocycles. The van der Waals surface area contributed by atoms with Crippen molar-refractivity contribution in [3.8, 4) is 0 Å². The lowest BCUT2D eigenvalue weighted by Gasteiger charge is -2.26. The predicted octanol–water partition coefficient (Wildman–Crippen LogP) is 2.76. The third-order valence-corrected chi connectivity index (χ3v) is 5.28. The van der Waals surface area contributed by atoms with E-state index in [9.17, 15) is 14.4 Å². The van der Waals surface area contributed by atoms with Crippen molar-refractivity contribution >= 4 is 58.4 Å². The van der Waals surface area contributed by atoms with Gasteiger partial charge in [0.1, 0.15) is 0 Å². The standard InChI is InChI=1S/C16H18Cl2N2O5S/c1-9(2-3-13(21)22)19-14(23)16(25-4-5-26-16)15(24)20-12-7-10(17)6-11(18)8-12/h6-9H,2-5H2,1H3,(H,19,23)(H,20,24)(H,21,22). The van der Waals surface area contributed by atoms with Gasteiger partial charge in [0.15, 0.2) is 0 Å². The van der Waals surface area contributed by atoms with Gasteiger partial charge in [0, 0.05) is 33.9 Å². The first kappa shape index (κ1) is 20.8. The summed E-state index contributed by atoms with van der Waals surface area (Å²) in [5.41, 5.74) is 0.342. The maximum atomic E-state index is 12.8. The van der Waals surface area contributed by atoms with E-state index in [0.29, 0.717) is 21.5 Å². The highest BCUT2D eigenvalue weighted by atomic mass is 35.5. The molecule has 7 nitrogen and oxygen atoms in total. The molecule has 1 fully saturated rings. The Kier molecular flexibility index (Phi) is 7.16. The summed E-state index contributed by atoms with van der Waals surface area (Å²) in [4.78, 5) is 34.3. The van der Waals surface area contributed by atoms with Crippen LogP contribution >= 0.6 is 35.0 Å². The highest BCUT2D eigenvalue weighted by Gasteiger charge is 2.51. The molecule has 10 heteroatoms. The van der Waals surface area contributed by atoms with Gasteiger partial charge in [-0.25, -0.2) is 0 Å². The van der Waals surface area contributed by atoms with E-state index in [4.69, 9.17) is 33.0 Å². The number of carboxylic acids is 1. The Morgan fingerprint density at radius 3 is 2.46 bits per heavy atom. The first-order valence-corrected chi connectivity index (χ1v) is 9.55. The second kappa shape index (κ2) is 8.94. The van der Waals surface area contributed by atoms with E-state index >= 15 is 0 Å². The fourth-order valence-electron chi connectivity index (χ4n) is 2.35. The largest absolute Gasteiger partial charge is 0.481 e. The van der Waals surface area contributed by atoms with Crippen molar-refractivity contribution in [2.24, 2.45) is 0 Å². The molecule has 1 aliphatic heterocycles. The van der Waals surface area contributed by atoms with Crippen molar-refractivity contribution < 1.29 is 24.2 Å². The van der Waals surface area contributed by atoms with E-state index in [1.165, 1.54) is 18.2 Å². The van der Waals surface area contributed by atoms with Crippen LogP contribution in [0, 0.1) is 0 Å². The van der Waals surface area contributed by atoms with Gasteiger partial charge in [0.05, 0.1) is 6.61 Å². The maximum Gasteiger partial charge on any atom is 0.303 e. The zero-order chi connectivity index (χ0) is 19.3. The van der Waals surface area contributed by atoms with Crippen LogP contribution < -0.4 is 10.6 Å². The fraction of sp³-hybridized carbons (Fsp3) is 0.438. The summed E-state index contributed by atoms with van der Waals surface area (Å²) in [5.74, 6) is -1.76. The highest BCUT2D eigenvalue weighted by molar-refractivity contribution is 8.02. The number of thioether (sulfide) groups is 1. The number of amides is 2. The summed E-state index contributed by atoms with van der Waals surface area (Å²) < 4.78 is 5.48. The van der Waals surface area contributed by atoms with E-state index in [-0.39, 0.29) is 19.4 Å². The van der Waals surface area contributed by atoms with Gasteiger partial charge in [-0.15, -0.1) is 11.8 Å². The van der Waals surface area contributed by atoms with Gasteiger partial charge >= 0.3 is 5.97 Å². The van der Waals surface area contributed by atoms with Crippen molar-refractivity contribution in [2.45, 2.75) is 30.7 Å². The molecule has 142 valence electrons. The Morgan fingerprint density at radius 2 is 1.92 bits per heavy atom. The molecule has 0 aliphatic carbocycles. The van der Waals surface area contributed by atoms with E-state index in [1.807, 2.05) is 0 Å². The molecule has 2 amide bonds. The van der Waals surface area contributed by atoms with E-state index < -0.39 is 28.8 Å². The normalized spacial score (nSPS) is 20.4. The first-order valence-electron chi connectivity index (χ1n) is 7.81. The molecule has 26 heavy (non-hydrogen) atoms. The SMILES string of the molecule is CC(CCC(=O)O)NC(=O)C1(C(=O)Nc2cc(Cl)cc(Cl)c2)OCCS1. The molecule has 1 aliphatic rings. The third-order valence-electron chi connectivity index (χ3n) is 3.58. The number of ether oxygens (including phenoxy) is 1. The molecular weight excluding hydrogens is 403 g/mol. The molecular formula is C16H18Cl2N2O5S. The quantitative estimate of drug-likeness (QED) is 0.585. The smallest absolute Gasteiger partial charge is 0.303 e. The molecule has 1 heterocycles. The molecule has 2 unspecified atom stereocenters. The number of anilines is 1. The predicted molar refractivity (Wildman–Crippen MR) is 101 cm³/mol. The molecule has 0 bridgehead atoms. The number of hydrogen-bond acceptors (Lipinski definition) is 5. The number of carbonyl (C=O) groups excluding carboxylic acids is 2. The second-order valence-electron chi connectivity index (χ2n) is 5.73. The molecule has 1 aromatic carbocycles. The molecule has 0 spiro atoms. The number of rotatable bonds is 7. The minimum Gasteiger partial charge on any atom is -0.481 e. The Morgan fingerprint density at radius 1 is 1.27 bits per heavy atom. The summed E-state index contributed by atoms with van der Waals surface area (Å²) in [6.07, 6.45) is 0.156. The summed E-state index contributed by atoms with van der Waals surface area (Å²) in [7, 11) is 0. The third kappa shape index (κ3) is 5.26. The van der Waals surface area contributed by atoms with Crippen LogP contribution in [-0.2, 0) is 19.1 Å². The lowest BCUT2D eigenvalue weighted by Crippen LogP contribution is -2.54. The molecule has 0 saturated carbocycles. The van der Waals surface area contributed by atoms with Crippen LogP contribution in [0.3, 0.4) is 0 Å². The van der Waals surface area contributed by atoms with Crippen molar-refractivity contribution in [1.29, 1.82) is 0 Å². The average molecular weight is 421 g/mol. The summed E-state index contributed by atoms with van der Waals surface area (Å²) in [6.45, 7) is 1.91. The number of halogens is 2. The number of aliphatic carboxylic acids is 1. The number of nitrogens with one attached hydrogen (secondary N) is 2.